The van der Waals surface area contributed by atoms with E-state index in [1.165, 1.54) is 24.6 Å². The van der Waals surface area contributed by atoms with Gasteiger partial charge in [-0.25, -0.2) is 0 Å². The van der Waals surface area contributed by atoms with Gasteiger partial charge in [-0.1, -0.05) is 30.0 Å². The lowest BCUT2D eigenvalue weighted by molar-refractivity contribution is -0.133. The Morgan fingerprint density at radius 2 is 1.69 bits per heavy atom. The Kier molecular flexibility index (Phi) is 5.70. The monoisotopic (exact) mass is 372 g/mol. The summed E-state index contributed by atoms with van der Waals surface area (Å²) in [6.45, 7) is 10.2. The van der Waals surface area contributed by atoms with Gasteiger partial charge in [-0.3, -0.25) is 9.36 Å². The van der Waals surface area contributed by atoms with E-state index in [2.05, 4.69) is 54.6 Å². The van der Waals surface area contributed by atoms with Crippen LogP contribution in [0.4, 0.5) is 0 Å². The third-order valence-electron chi connectivity index (χ3n) is 4.61. The molecule has 0 aliphatic heterocycles. The van der Waals surface area contributed by atoms with E-state index in [-0.39, 0.29) is 23.2 Å². The largest absolute Gasteiger partial charge is 0.337 e. The Balaban J connectivity index is 1.87. The minimum absolute atomic E-state index is 0.149. The van der Waals surface area contributed by atoms with Crippen LogP contribution < -0.4 is 0 Å². The first kappa shape index (κ1) is 19.0. The van der Waals surface area contributed by atoms with E-state index < -0.39 is 0 Å². The van der Waals surface area contributed by atoms with Gasteiger partial charge in [-0.15, -0.1) is 10.2 Å². The van der Waals surface area contributed by atoms with Gasteiger partial charge in [-0.2, -0.15) is 0 Å². The van der Waals surface area contributed by atoms with E-state index in [1.807, 2.05) is 30.0 Å². The third kappa shape index (κ3) is 3.95. The standard InChI is InChI=1S/C20H28N4OS/c1-13(2)23(14(3)4)19(25)15(5)26-20-22-21-18(16-11-12-16)24(20)17-9-7-6-8-10-17/h6-10,13-16H,11-12H2,1-5H3. The van der Waals surface area contributed by atoms with E-state index in [0.717, 1.165) is 16.7 Å². The summed E-state index contributed by atoms with van der Waals surface area (Å²) < 4.78 is 2.13. The molecule has 1 fully saturated rings. The second-order valence-electron chi connectivity index (χ2n) is 7.48. The Morgan fingerprint density at radius 3 is 2.23 bits per heavy atom. The number of benzene rings is 1. The summed E-state index contributed by atoms with van der Waals surface area (Å²) in [6.07, 6.45) is 2.33. The van der Waals surface area contributed by atoms with Crippen LogP contribution in [0.15, 0.2) is 35.5 Å². The van der Waals surface area contributed by atoms with E-state index in [9.17, 15) is 4.79 Å². The van der Waals surface area contributed by atoms with Gasteiger partial charge < -0.3 is 4.90 Å². The molecule has 1 heterocycles. The Morgan fingerprint density at radius 1 is 1.08 bits per heavy atom. The van der Waals surface area contributed by atoms with Crippen molar-refractivity contribution in [2.75, 3.05) is 0 Å². The normalized spacial score (nSPS) is 15.5. The Hall–Kier alpha value is -1.82. The summed E-state index contributed by atoms with van der Waals surface area (Å²) in [6, 6.07) is 10.6. The highest BCUT2D eigenvalue weighted by atomic mass is 32.2. The highest BCUT2D eigenvalue weighted by molar-refractivity contribution is 8.00. The summed E-state index contributed by atoms with van der Waals surface area (Å²) in [5.74, 6) is 1.66. The average Bonchev–Trinajstić information content (AvgIpc) is 3.36. The summed E-state index contributed by atoms with van der Waals surface area (Å²) >= 11 is 1.50. The first-order valence-electron chi connectivity index (χ1n) is 9.39. The van der Waals surface area contributed by atoms with Crippen molar-refractivity contribution in [3.63, 3.8) is 0 Å². The molecule has 0 spiro atoms. The molecule has 2 aromatic rings. The molecule has 0 bridgehead atoms. The number of carbonyl (C=O) groups excluding carboxylic acids is 1. The van der Waals surface area contributed by atoms with Crippen molar-refractivity contribution in [1.82, 2.24) is 19.7 Å². The van der Waals surface area contributed by atoms with Gasteiger partial charge >= 0.3 is 0 Å². The number of rotatable bonds is 7. The summed E-state index contributed by atoms with van der Waals surface area (Å²) in [5.41, 5.74) is 1.06. The molecule has 1 amide bonds. The first-order valence-corrected chi connectivity index (χ1v) is 10.3. The summed E-state index contributed by atoms with van der Waals surface area (Å²) in [7, 11) is 0. The van der Waals surface area contributed by atoms with Gasteiger partial charge in [0.2, 0.25) is 5.91 Å². The van der Waals surface area contributed by atoms with Gasteiger partial charge in [-0.05, 0) is 59.6 Å². The molecule has 0 radical (unpaired) electrons. The second kappa shape index (κ2) is 7.82. The number of para-hydroxylation sites is 1. The molecule has 5 nitrogen and oxygen atoms in total. The zero-order valence-electron chi connectivity index (χ0n) is 16.2. The minimum Gasteiger partial charge on any atom is -0.337 e. The van der Waals surface area contributed by atoms with E-state index in [4.69, 9.17) is 0 Å². The fraction of sp³-hybridized carbons (Fsp3) is 0.550. The van der Waals surface area contributed by atoms with Crippen molar-refractivity contribution < 1.29 is 4.79 Å². The van der Waals surface area contributed by atoms with Gasteiger partial charge in [0.1, 0.15) is 5.82 Å². The van der Waals surface area contributed by atoms with Crippen LogP contribution in [0.2, 0.25) is 0 Å². The lowest BCUT2D eigenvalue weighted by Crippen LogP contribution is -2.45. The van der Waals surface area contributed by atoms with Gasteiger partial charge in [0, 0.05) is 23.7 Å². The Bertz CT molecular complexity index is 744. The maximum atomic E-state index is 13.0. The molecule has 1 aromatic heterocycles. The molecule has 0 saturated heterocycles. The number of hydrogen-bond donors (Lipinski definition) is 0. The van der Waals surface area contributed by atoms with Crippen molar-refractivity contribution in [3.8, 4) is 5.69 Å². The van der Waals surface area contributed by atoms with Crippen LogP contribution in [0.25, 0.3) is 5.69 Å². The van der Waals surface area contributed by atoms with E-state index in [1.54, 1.807) is 0 Å². The van der Waals surface area contributed by atoms with Crippen LogP contribution in [0.3, 0.4) is 0 Å². The van der Waals surface area contributed by atoms with Crippen molar-refractivity contribution in [2.45, 2.75) is 75.9 Å². The molecular weight excluding hydrogens is 344 g/mol. The van der Waals surface area contributed by atoms with E-state index >= 15 is 0 Å². The summed E-state index contributed by atoms with van der Waals surface area (Å²) in [4.78, 5) is 14.9. The number of aromatic nitrogens is 3. The van der Waals surface area contributed by atoms with Crippen molar-refractivity contribution in [1.29, 1.82) is 0 Å². The molecule has 3 rings (SSSR count). The second-order valence-corrected chi connectivity index (χ2v) is 8.79. The molecule has 0 N–H and O–H groups in total. The fourth-order valence-electron chi connectivity index (χ4n) is 3.31. The SMILES string of the molecule is CC(Sc1nnc(C2CC2)n1-c1ccccc1)C(=O)N(C(C)C)C(C)C. The number of nitrogens with zero attached hydrogens (tertiary/aromatic N) is 4. The molecule has 1 saturated carbocycles. The van der Waals surface area contributed by atoms with Gasteiger partial charge in [0.15, 0.2) is 5.16 Å². The molecule has 140 valence electrons. The molecule has 1 aromatic carbocycles. The maximum Gasteiger partial charge on any atom is 0.236 e. The molecule has 1 aliphatic carbocycles. The highest BCUT2D eigenvalue weighted by Crippen LogP contribution is 2.41. The topological polar surface area (TPSA) is 51.0 Å². The predicted molar refractivity (Wildman–Crippen MR) is 106 cm³/mol. The third-order valence-corrected chi connectivity index (χ3v) is 5.64. The highest BCUT2D eigenvalue weighted by Gasteiger charge is 2.33. The fourth-order valence-corrected chi connectivity index (χ4v) is 4.24. The molecule has 26 heavy (non-hydrogen) atoms. The molecule has 6 heteroatoms. The van der Waals surface area contributed by atoms with Crippen LogP contribution in [0.5, 0.6) is 0 Å². The number of amides is 1. The number of carbonyl (C=O) groups is 1. The Labute approximate surface area is 160 Å². The number of thioether (sulfide) groups is 1. The van der Waals surface area contributed by atoms with Crippen molar-refractivity contribution in [2.24, 2.45) is 0 Å². The van der Waals surface area contributed by atoms with E-state index in [0.29, 0.717) is 5.92 Å². The maximum absolute atomic E-state index is 13.0. The lowest BCUT2D eigenvalue weighted by Gasteiger charge is -2.32. The summed E-state index contributed by atoms with van der Waals surface area (Å²) in [5, 5.41) is 9.47. The quantitative estimate of drug-likeness (QED) is 0.681. The van der Waals surface area contributed by atoms with Gasteiger partial charge in [0.25, 0.3) is 0 Å². The van der Waals surface area contributed by atoms with Crippen LogP contribution in [0, 0.1) is 0 Å². The van der Waals surface area contributed by atoms with Crippen LogP contribution in [0.1, 0.15) is 59.2 Å². The van der Waals surface area contributed by atoms with Gasteiger partial charge in [0.05, 0.1) is 5.25 Å². The number of hydrogen-bond acceptors (Lipinski definition) is 4. The first-order chi connectivity index (χ1) is 12.4. The smallest absolute Gasteiger partial charge is 0.236 e. The zero-order chi connectivity index (χ0) is 18.8. The minimum atomic E-state index is -0.210. The molecule has 1 aliphatic rings. The zero-order valence-corrected chi connectivity index (χ0v) is 17.0. The van der Waals surface area contributed by atoms with Crippen molar-refractivity contribution >= 4 is 17.7 Å². The predicted octanol–water partition coefficient (Wildman–Crippen LogP) is 4.27. The van der Waals surface area contributed by atoms with Crippen LogP contribution >= 0.6 is 11.8 Å². The molecular formula is C20H28N4OS. The average molecular weight is 373 g/mol. The molecule has 1 atom stereocenters. The van der Waals surface area contributed by atoms with Crippen LogP contribution in [-0.4, -0.2) is 42.9 Å². The van der Waals surface area contributed by atoms with Crippen molar-refractivity contribution in [3.05, 3.63) is 36.2 Å². The van der Waals surface area contributed by atoms with Crippen LogP contribution in [-0.2, 0) is 4.79 Å². The lowest BCUT2D eigenvalue weighted by atomic mass is 10.2. The molecule has 1 unspecified atom stereocenters.